The third-order valence-corrected chi connectivity index (χ3v) is 4.87. The molecule has 1 fully saturated rings. The number of hydrogen-bond donors (Lipinski definition) is 1. The van der Waals surface area contributed by atoms with Crippen LogP contribution in [-0.2, 0) is 4.74 Å². The van der Waals surface area contributed by atoms with E-state index < -0.39 is 17.5 Å². The van der Waals surface area contributed by atoms with Gasteiger partial charge in [0.25, 0.3) is 0 Å². The summed E-state index contributed by atoms with van der Waals surface area (Å²) in [5, 5.41) is 11.1. The van der Waals surface area contributed by atoms with E-state index >= 15 is 0 Å². The summed E-state index contributed by atoms with van der Waals surface area (Å²) in [6.07, 6.45) is 2.41. The molecule has 1 aliphatic carbocycles. The molecule has 0 amide bonds. The monoisotopic (exact) mass is 314 g/mol. The second-order valence-corrected chi connectivity index (χ2v) is 7.17. The fourth-order valence-corrected chi connectivity index (χ4v) is 3.30. The predicted octanol–water partition coefficient (Wildman–Crippen LogP) is 4.89. The number of rotatable bonds is 4. The van der Waals surface area contributed by atoms with Crippen LogP contribution in [0.1, 0.15) is 58.1 Å². The first kappa shape index (κ1) is 16.7. The van der Waals surface area contributed by atoms with Crippen LogP contribution in [0.4, 0.5) is 4.39 Å². The van der Waals surface area contributed by atoms with Crippen LogP contribution >= 0.6 is 11.6 Å². The smallest absolute Gasteiger partial charge is 0.130 e. The normalized spacial score (nSPS) is 22.0. The van der Waals surface area contributed by atoms with E-state index in [4.69, 9.17) is 16.3 Å². The molecule has 0 spiro atoms. The highest BCUT2D eigenvalue weighted by molar-refractivity contribution is 6.30. The predicted molar refractivity (Wildman–Crippen MR) is 83.0 cm³/mol. The topological polar surface area (TPSA) is 29.5 Å². The zero-order valence-electron chi connectivity index (χ0n) is 13.0. The van der Waals surface area contributed by atoms with Gasteiger partial charge in [0, 0.05) is 17.2 Å². The fourth-order valence-electron chi connectivity index (χ4n) is 3.14. The van der Waals surface area contributed by atoms with Crippen molar-refractivity contribution in [2.45, 2.75) is 58.2 Å². The number of hydrogen-bond acceptors (Lipinski definition) is 2. The van der Waals surface area contributed by atoms with Crippen molar-refractivity contribution in [3.8, 4) is 0 Å². The van der Waals surface area contributed by atoms with Gasteiger partial charge in [0.2, 0.25) is 0 Å². The van der Waals surface area contributed by atoms with Crippen LogP contribution in [0.25, 0.3) is 0 Å². The Morgan fingerprint density at radius 2 is 1.90 bits per heavy atom. The van der Waals surface area contributed by atoms with Gasteiger partial charge in [-0.05, 0) is 50.2 Å². The second kappa shape index (κ2) is 6.23. The SMILES string of the molecule is CCOC1(C(O)c2ccc(Cl)cc2F)CCC(C)(C)CC1. The molecule has 2 rings (SSSR count). The van der Waals surface area contributed by atoms with Crippen LogP contribution in [-0.4, -0.2) is 17.3 Å². The van der Waals surface area contributed by atoms with Gasteiger partial charge in [-0.1, -0.05) is 31.5 Å². The van der Waals surface area contributed by atoms with E-state index in [9.17, 15) is 9.50 Å². The summed E-state index contributed by atoms with van der Waals surface area (Å²) in [4.78, 5) is 0. The fraction of sp³-hybridized carbons (Fsp3) is 0.647. The van der Waals surface area contributed by atoms with Crippen LogP contribution in [0.5, 0.6) is 0 Å². The lowest BCUT2D eigenvalue weighted by molar-refractivity contribution is -0.154. The standard InChI is InChI=1S/C17H24ClFO2/c1-4-21-17(9-7-16(2,3)8-10-17)15(20)13-6-5-12(18)11-14(13)19/h5-6,11,15,20H,4,7-10H2,1-3H3. The molecule has 118 valence electrons. The summed E-state index contributed by atoms with van der Waals surface area (Å²) >= 11 is 5.79. The lowest BCUT2D eigenvalue weighted by Crippen LogP contribution is -2.45. The molecule has 21 heavy (non-hydrogen) atoms. The maximum Gasteiger partial charge on any atom is 0.130 e. The van der Waals surface area contributed by atoms with Gasteiger partial charge in [-0.3, -0.25) is 0 Å². The van der Waals surface area contributed by atoms with Crippen molar-refractivity contribution in [2.24, 2.45) is 5.41 Å². The van der Waals surface area contributed by atoms with Gasteiger partial charge in [-0.25, -0.2) is 4.39 Å². The Morgan fingerprint density at radius 1 is 1.29 bits per heavy atom. The molecule has 0 aromatic heterocycles. The highest BCUT2D eigenvalue weighted by Gasteiger charge is 2.45. The Hall–Kier alpha value is -0.640. The Labute approximate surface area is 131 Å². The summed E-state index contributed by atoms with van der Waals surface area (Å²) in [6, 6.07) is 4.41. The van der Waals surface area contributed by atoms with Crippen molar-refractivity contribution in [1.82, 2.24) is 0 Å². The van der Waals surface area contributed by atoms with E-state index in [1.54, 1.807) is 12.1 Å². The molecule has 0 radical (unpaired) electrons. The van der Waals surface area contributed by atoms with Gasteiger partial charge < -0.3 is 9.84 Å². The minimum Gasteiger partial charge on any atom is -0.385 e. The number of aliphatic hydroxyl groups is 1. The summed E-state index contributed by atoms with van der Waals surface area (Å²) in [5.41, 5.74) is -0.176. The molecular formula is C17H24ClFO2. The molecule has 0 saturated heterocycles. The Morgan fingerprint density at radius 3 is 2.43 bits per heavy atom. The van der Waals surface area contributed by atoms with Crippen LogP contribution in [0.2, 0.25) is 5.02 Å². The molecule has 1 atom stereocenters. The number of ether oxygens (including phenoxy) is 1. The van der Waals surface area contributed by atoms with Gasteiger partial charge in [-0.2, -0.15) is 0 Å². The van der Waals surface area contributed by atoms with Crippen molar-refractivity contribution in [2.75, 3.05) is 6.61 Å². The Bertz CT molecular complexity index is 492. The van der Waals surface area contributed by atoms with E-state index in [-0.39, 0.29) is 11.0 Å². The van der Waals surface area contributed by atoms with Crippen LogP contribution in [0.15, 0.2) is 18.2 Å². The minimum atomic E-state index is -0.967. The average molecular weight is 315 g/mol. The molecule has 0 aliphatic heterocycles. The van der Waals surface area contributed by atoms with Crippen LogP contribution < -0.4 is 0 Å². The number of benzene rings is 1. The van der Waals surface area contributed by atoms with E-state index in [0.29, 0.717) is 11.6 Å². The molecule has 1 aliphatic rings. The maximum atomic E-state index is 14.1. The van der Waals surface area contributed by atoms with E-state index in [1.807, 2.05) is 6.92 Å². The number of aliphatic hydroxyl groups excluding tert-OH is 1. The summed E-state index contributed by atoms with van der Waals surface area (Å²) < 4.78 is 20.0. The summed E-state index contributed by atoms with van der Waals surface area (Å²) in [6.45, 7) is 6.86. The Balaban J connectivity index is 2.29. The maximum absolute atomic E-state index is 14.1. The summed E-state index contributed by atoms with van der Waals surface area (Å²) in [5.74, 6) is -0.473. The quantitative estimate of drug-likeness (QED) is 0.857. The molecule has 1 N–H and O–H groups in total. The van der Waals surface area contributed by atoms with E-state index in [2.05, 4.69) is 13.8 Å². The lowest BCUT2D eigenvalue weighted by atomic mass is 9.68. The van der Waals surface area contributed by atoms with Gasteiger partial charge in [-0.15, -0.1) is 0 Å². The van der Waals surface area contributed by atoms with Crippen molar-refractivity contribution < 1.29 is 14.2 Å². The molecule has 1 unspecified atom stereocenters. The van der Waals surface area contributed by atoms with Crippen LogP contribution in [0.3, 0.4) is 0 Å². The third kappa shape index (κ3) is 3.58. The van der Waals surface area contributed by atoms with Crippen molar-refractivity contribution in [3.05, 3.63) is 34.6 Å². The Kier molecular flexibility index (Phi) is 4.96. The third-order valence-electron chi connectivity index (χ3n) is 4.64. The van der Waals surface area contributed by atoms with Crippen LogP contribution in [0, 0.1) is 11.2 Å². The van der Waals surface area contributed by atoms with Gasteiger partial charge in [0.15, 0.2) is 0 Å². The molecule has 0 bridgehead atoms. The first-order chi connectivity index (χ1) is 9.80. The van der Waals surface area contributed by atoms with Crippen molar-refractivity contribution in [3.63, 3.8) is 0 Å². The highest BCUT2D eigenvalue weighted by Crippen LogP contribution is 2.48. The van der Waals surface area contributed by atoms with Crippen molar-refractivity contribution in [1.29, 1.82) is 0 Å². The largest absolute Gasteiger partial charge is 0.385 e. The summed E-state index contributed by atoms with van der Waals surface area (Å²) in [7, 11) is 0. The van der Waals surface area contributed by atoms with Gasteiger partial charge in [0.05, 0.1) is 5.60 Å². The first-order valence-corrected chi connectivity index (χ1v) is 7.94. The van der Waals surface area contributed by atoms with Gasteiger partial charge in [0.1, 0.15) is 11.9 Å². The number of halogens is 2. The molecule has 1 aromatic carbocycles. The highest BCUT2D eigenvalue weighted by atomic mass is 35.5. The molecule has 1 saturated carbocycles. The van der Waals surface area contributed by atoms with Crippen molar-refractivity contribution >= 4 is 11.6 Å². The molecular weight excluding hydrogens is 291 g/mol. The van der Waals surface area contributed by atoms with Gasteiger partial charge >= 0.3 is 0 Å². The first-order valence-electron chi connectivity index (χ1n) is 7.57. The zero-order chi connectivity index (χ0) is 15.7. The molecule has 0 heterocycles. The van der Waals surface area contributed by atoms with E-state index in [1.165, 1.54) is 6.07 Å². The lowest BCUT2D eigenvalue weighted by Gasteiger charge is -2.46. The molecule has 2 nitrogen and oxygen atoms in total. The van der Waals surface area contributed by atoms with E-state index in [0.717, 1.165) is 25.7 Å². The average Bonchev–Trinajstić information content (AvgIpc) is 2.41. The minimum absolute atomic E-state index is 0.249. The zero-order valence-corrected chi connectivity index (χ0v) is 13.7. The molecule has 1 aromatic rings. The second-order valence-electron chi connectivity index (χ2n) is 6.73. The molecule has 4 heteroatoms.